The van der Waals surface area contributed by atoms with E-state index in [0.29, 0.717) is 15.4 Å². The van der Waals surface area contributed by atoms with Crippen LogP contribution >= 0.6 is 15.9 Å². The number of nitrogens with zero attached hydrogens (tertiary/aromatic N) is 1. The summed E-state index contributed by atoms with van der Waals surface area (Å²) in [5.41, 5.74) is 5.89. The van der Waals surface area contributed by atoms with Gasteiger partial charge in [-0.05, 0) is 24.3 Å². The molecule has 0 aliphatic heterocycles. The Balaban J connectivity index is 2.35. The van der Waals surface area contributed by atoms with Gasteiger partial charge in [-0.25, -0.2) is 12.4 Å². The lowest BCUT2D eigenvalue weighted by atomic mass is 10.2. The third kappa shape index (κ3) is 2.57. The number of carbonyl (C=O) groups is 1. The Morgan fingerprint density at radius 1 is 1.21 bits per heavy atom. The number of fused-ring (bicyclic) bond motifs is 1. The molecule has 3 rings (SSSR count). The largest absolute Gasteiger partial charge is 0.495 e. The highest BCUT2D eigenvalue weighted by Crippen LogP contribution is 2.32. The van der Waals surface area contributed by atoms with Gasteiger partial charge in [-0.3, -0.25) is 4.79 Å². The fourth-order valence-corrected chi connectivity index (χ4v) is 4.57. The molecule has 2 N–H and O–H groups in total. The average molecular weight is 409 g/mol. The van der Waals surface area contributed by atoms with Crippen molar-refractivity contribution in [1.82, 2.24) is 3.97 Å². The van der Waals surface area contributed by atoms with Crippen LogP contribution in [0.4, 0.5) is 0 Å². The Kier molecular flexibility index (Phi) is 4.10. The lowest BCUT2D eigenvalue weighted by Crippen LogP contribution is -2.14. The maximum Gasteiger partial charge on any atom is 0.271 e. The van der Waals surface area contributed by atoms with E-state index < -0.39 is 15.9 Å². The van der Waals surface area contributed by atoms with Gasteiger partial charge >= 0.3 is 0 Å². The van der Waals surface area contributed by atoms with Crippen molar-refractivity contribution in [2.24, 2.45) is 5.73 Å². The quantitative estimate of drug-likeness (QED) is 0.718. The Morgan fingerprint density at radius 2 is 1.92 bits per heavy atom. The first-order chi connectivity index (χ1) is 11.4. The van der Waals surface area contributed by atoms with Crippen molar-refractivity contribution in [3.63, 3.8) is 0 Å². The van der Waals surface area contributed by atoms with Gasteiger partial charge in [0, 0.05) is 16.1 Å². The van der Waals surface area contributed by atoms with Crippen LogP contribution in [0.15, 0.2) is 58.0 Å². The standard InChI is InChI=1S/C16H13BrN2O4S/c1-23-14-7-6-10(17)8-15(14)24(21,22)19-9-12(16(18)20)11-4-2-3-5-13(11)19/h2-9H,1H3,(H2,18,20). The summed E-state index contributed by atoms with van der Waals surface area (Å²) >= 11 is 3.27. The van der Waals surface area contributed by atoms with Crippen LogP contribution in [-0.2, 0) is 10.0 Å². The topological polar surface area (TPSA) is 91.4 Å². The number of hydrogen-bond donors (Lipinski definition) is 1. The van der Waals surface area contributed by atoms with Crippen LogP contribution in [0.2, 0.25) is 0 Å². The van der Waals surface area contributed by atoms with Crippen LogP contribution in [0.3, 0.4) is 0 Å². The summed E-state index contributed by atoms with van der Waals surface area (Å²) in [4.78, 5) is 11.6. The number of carbonyl (C=O) groups excluding carboxylic acids is 1. The van der Waals surface area contributed by atoms with E-state index in [9.17, 15) is 13.2 Å². The highest BCUT2D eigenvalue weighted by atomic mass is 79.9. The number of para-hydroxylation sites is 1. The monoisotopic (exact) mass is 408 g/mol. The highest BCUT2D eigenvalue weighted by molar-refractivity contribution is 9.10. The summed E-state index contributed by atoms with van der Waals surface area (Å²) in [6.45, 7) is 0. The van der Waals surface area contributed by atoms with Crippen LogP contribution in [-0.4, -0.2) is 25.4 Å². The van der Waals surface area contributed by atoms with Crippen molar-refractivity contribution in [2.75, 3.05) is 7.11 Å². The number of methoxy groups -OCH3 is 1. The molecule has 0 fully saturated rings. The second kappa shape index (κ2) is 5.95. The van der Waals surface area contributed by atoms with Gasteiger partial charge in [0.2, 0.25) is 0 Å². The number of hydrogen-bond acceptors (Lipinski definition) is 4. The summed E-state index contributed by atoms with van der Waals surface area (Å²) < 4.78 is 33.1. The number of amides is 1. The molecule has 0 unspecified atom stereocenters. The number of primary amides is 1. The van der Waals surface area contributed by atoms with E-state index >= 15 is 0 Å². The molecule has 0 bridgehead atoms. The molecule has 0 atom stereocenters. The van der Waals surface area contributed by atoms with Crippen LogP contribution in [0.1, 0.15) is 10.4 Å². The number of ether oxygens (including phenoxy) is 1. The second-order valence-electron chi connectivity index (χ2n) is 5.02. The van der Waals surface area contributed by atoms with Crippen molar-refractivity contribution in [3.8, 4) is 5.75 Å². The predicted octanol–water partition coefficient (Wildman–Crippen LogP) is 2.75. The normalized spacial score (nSPS) is 11.6. The van der Waals surface area contributed by atoms with Gasteiger partial charge in [0.05, 0.1) is 18.2 Å². The fraction of sp³-hybridized carbons (Fsp3) is 0.0625. The van der Waals surface area contributed by atoms with Crippen molar-refractivity contribution in [2.45, 2.75) is 4.90 Å². The minimum Gasteiger partial charge on any atom is -0.495 e. The lowest BCUT2D eigenvalue weighted by molar-refractivity contribution is 0.100. The number of halogens is 1. The lowest BCUT2D eigenvalue weighted by Gasteiger charge is -2.12. The first-order valence-electron chi connectivity index (χ1n) is 6.85. The Morgan fingerprint density at radius 3 is 2.58 bits per heavy atom. The highest BCUT2D eigenvalue weighted by Gasteiger charge is 2.26. The molecule has 6 nitrogen and oxygen atoms in total. The zero-order chi connectivity index (χ0) is 17.5. The molecule has 0 aliphatic carbocycles. The van der Waals surface area contributed by atoms with Gasteiger partial charge in [-0.15, -0.1) is 0 Å². The summed E-state index contributed by atoms with van der Waals surface area (Å²) in [6, 6.07) is 11.4. The van der Waals surface area contributed by atoms with E-state index in [2.05, 4.69) is 15.9 Å². The third-order valence-electron chi connectivity index (χ3n) is 3.61. The molecule has 1 heterocycles. The second-order valence-corrected chi connectivity index (χ2v) is 7.72. The van der Waals surface area contributed by atoms with Crippen LogP contribution in [0.5, 0.6) is 5.75 Å². The van der Waals surface area contributed by atoms with Gasteiger partial charge < -0.3 is 10.5 Å². The Hall–Kier alpha value is -2.32. The van der Waals surface area contributed by atoms with E-state index in [1.807, 2.05) is 0 Å². The smallest absolute Gasteiger partial charge is 0.271 e. The molecule has 0 radical (unpaired) electrons. The molecular formula is C16H13BrN2O4S. The Bertz CT molecular complexity index is 1060. The zero-order valence-corrected chi connectivity index (χ0v) is 15.0. The average Bonchev–Trinajstić information content (AvgIpc) is 2.95. The molecule has 0 saturated heterocycles. The first-order valence-corrected chi connectivity index (χ1v) is 9.08. The molecule has 1 aromatic heterocycles. The number of nitrogens with two attached hydrogens (primary N) is 1. The molecule has 0 spiro atoms. The van der Waals surface area contributed by atoms with E-state index in [1.54, 1.807) is 36.4 Å². The first kappa shape index (κ1) is 16.5. The van der Waals surface area contributed by atoms with Gasteiger partial charge in [-0.1, -0.05) is 34.1 Å². The zero-order valence-electron chi connectivity index (χ0n) is 12.6. The van der Waals surface area contributed by atoms with E-state index in [1.165, 1.54) is 19.4 Å². The predicted molar refractivity (Wildman–Crippen MR) is 93.7 cm³/mol. The fourth-order valence-electron chi connectivity index (χ4n) is 2.50. The molecule has 24 heavy (non-hydrogen) atoms. The summed E-state index contributed by atoms with van der Waals surface area (Å²) in [6.07, 6.45) is 1.24. The number of aromatic nitrogens is 1. The van der Waals surface area contributed by atoms with E-state index in [-0.39, 0.29) is 16.2 Å². The minimum absolute atomic E-state index is 0.0175. The van der Waals surface area contributed by atoms with Crippen molar-refractivity contribution < 1.29 is 17.9 Å². The summed E-state index contributed by atoms with van der Waals surface area (Å²) in [5.74, 6) is -0.488. The Labute approximate surface area is 147 Å². The summed E-state index contributed by atoms with van der Waals surface area (Å²) in [7, 11) is -2.60. The molecule has 124 valence electrons. The molecule has 3 aromatic rings. The van der Waals surface area contributed by atoms with Crippen molar-refractivity contribution in [1.29, 1.82) is 0 Å². The van der Waals surface area contributed by atoms with Crippen LogP contribution in [0, 0.1) is 0 Å². The van der Waals surface area contributed by atoms with Crippen molar-refractivity contribution >= 4 is 42.8 Å². The van der Waals surface area contributed by atoms with Gasteiger partial charge in [0.25, 0.3) is 15.9 Å². The SMILES string of the molecule is COc1ccc(Br)cc1S(=O)(=O)n1cc(C(N)=O)c2ccccc21. The number of rotatable bonds is 4. The molecule has 0 saturated carbocycles. The molecule has 0 aliphatic rings. The van der Waals surface area contributed by atoms with Crippen LogP contribution < -0.4 is 10.5 Å². The number of benzene rings is 2. The van der Waals surface area contributed by atoms with Gasteiger partial charge in [0.1, 0.15) is 10.6 Å². The third-order valence-corrected chi connectivity index (χ3v) is 5.79. The van der Waals surface area contributed by atoms with Crippen LogP contribution in [0.25, 0.3) is 10.9 Å². The molecule has 1 amide bonds. The molecular weight excluding hydrogens is 396 g/mol. The summed E-state index contributed by atoms with van der Waals surface area (Å²) in [5, 5.41) is 0.475. The minimum atomic E-state index is -3.99. The molecule has 2 aromatic carbocycles. The molecule has 8 heteroatoms. The van der Waals surface area contributed by atoms with E-state index in [4.69, 9.17) is 10.5 Å². The van der Waals surface area contributed by atoms with Gasteiger partial charge in [-0.2, -0.15) is 0 Å². The maximum atomic E-state index is 13.1. The van der Waals surface area contributed by atoms with Crippen molar-refractivity contribution in [3.05, 3.63) is 58.7 Å². The van der Waals surface area contributed by atoms with Gasteiger partial charge in [0.15, 0.2) is 0 Å². The van der Waals surface area contributed by atoms with E-state index in [0.717, 1.165) is 3.97 Å². The maximum absolute atomic E-state index is 13.1.